The molecular formula is C11H21N5OS. The SMILES string of the molecule is CSC(C)CCNc1nc(N)nc(OC(C)C)n1. The minimum Gasteiger partial charge on any atom is -0.461 e. The quantitative estimate of drug-likeness (QED) is 0.782. The highest BCUT2D eigenvalue weighted by Gasteiger charge is 2.07. The third-order valence-electron chi connectivity index (χ3n) is 2.21. The molecule has 0 spiro atoms. The van der Waals surface area contributed by atoms with Crippen molar-refractivity contribution in [2.24, 2.45) is 0 Å². The van der Waals surface area contributed by atoms with Crippen LogP contribution in [0.3, 0.4) is 0 Å². The standard InChI is InChI=1S/C11H21N5OS/c1-7(2)17-11-15-9(12)14-10(16-11)13-6-5-8(3)18-4/h7-8H,5-6H2,1-4H3,(H3,12,13,14,15,16). The van der Waals surface area contributed by atoms with Crippen LogP contribution in [0, 0.1) is 0 Å². The number of ether oxygens (including phenoxy) is 1. The number of rotatable bonds is 7. The summed E-state index contributed by atoms with van der Waals surface area (Å²) in [5.41, 5.74) is 5.61. The second kappa shape index (κ2) is 7.25. The van der Waals surface area contributed by atoms with Crippen LogP contribution in [0.4, 0.5) is 11.9 Å². The maximum absolute atomic E-state index is 5.61. The Hall–Kier alpha value is -1.24. The summed E-state index contributed by atoms with van der Waals surface area (Å²) in [4.78, 5) is 12.1. The summed E-state index contributed by atoms with van der Waals surface area (Å²) in [5, 5.41) is 3.73. The van der Waals surface area contributed by atoms with E-state index in [0.29, 0.717) is 11.2 Å². The molecule has 1 heterocycles. The molecule has 0 aliphatic rings. The number of thioether (sulfide) groups is 1. The lowest BCUT2D eigenvalue weighted by Gasteiger charge is -2.11. The number of aromatic nitrogens is 3. The van der Waals surface area contributed by atoms with Crippen molar-refractivity contribution in [1.29, 1.82) is 0 Å². The average molecular weight is 271 g/mol. The molecule has 102 valence electrons. The van der Waals surface area contributed by atoms with E-state index in [-0.39, 0.29) is 18.1 Å². The van der Waals surface area contributed by atoms with Crippen LogP contribution in [0.5, 0.6) is 6.01 Å². The Morgan fingerprint density at radius 3 is 2.61 bits per heavy atom. The van der Waals surface area contributed by atoms with Gasteiger partial charge in [-0.1, -0.05) is 6.92 Å². The van der Waals surface area contributed by atoms with E-state index in [4.69, 9.17) is 10.5 Å². The summed E-state index contributed by atoms with van der Waals surface area (Å²) in [6.07, 6.45) is 3.14. The van der Waals surface area contributed by atoms with Crippen molar-refractivity contribution in [2.45, 2.75) is 38.5 Å². The first-order chi connectivity index (χ1) is 8.51. The van der Waals surface area contributed by atoms with Gasteiger partial charge in [-0.15, -0.1) is 0 Å². The number of nitrogens with one attached hydrogen (secondary N) is 1. The Balaban J connectivity index is 2.57. The zero-order valence-electron chi connectivity index (χ0n) is 11.3. The highest BCUT2D eigenvalue weighted by Crippen LogP contribution is 2.12. The van der Waals surface area contributed by atoms with Gasteiger partial charge in [-0.05, 0) is 26.5 Å². The smallest absolute Gasteiger partial charge is 0.323 e. The van der Waals surface area contributed by atoms with Crippen molar-refractivity contribution in [1.82, 2.24) is 15.0 Å². The van der Waals surface area contributed by atoms with Gasteiger partial charge in [0, 0.05) is 11.8 Å². The molecule has 6 nitrogen and oxygen atoms in total. The molecule has 0 saturated carbocycles. The molecule has 1 atom stereocenters. The van der Waals surface area contributed by atoms with Crippen LogP contribution in [-0.2, 0) is 0 Å². The molecule has 1 aromatic rings. The second-order valence-corrected chi connectivity index (χ2v) is 5.50. The predicted molar refractivity (Wildman–Crippen MR) is 76.1 cm³/mol. The number of hydrogen-bond donors (Lipinski definition) is 2. The molecule has 1 unspecified atom stereocenters. The zero-order chi connectivity index (χ0) is 13.5. The molecule has 0 aliphatic carbocycles. The van der Waals surface area contributed by atoms with E-state index in [1.54, 1.807) is 0 Å². The molecule has 1 aromatic heterocycles. The van der Waals surface area contributed by atoms with Crippen molar-refractivity contribution >= 4 is 23.7 Å². The third kappa shape index (κ3) is 5.39. The Morgan fingerprint density at radius 1 is 1.28 bits per heavy atom. The van der Waals surface area contributed by atoms with E-state index in [1.807, 2.05) is 25.6 Å². The van der Waals surface area contributed by atoms with E-state index in [2.05, 4.69) is 33.4 Å². The molecule has 0 aliphatic heterocycles. The zero-order valence-corrected chi connectivity index (χ0v) is 12.1. The highest BCUT2D eigenvalue weighted by atomic mass is 32.2. The summed E-state index contributed by atoms with van der Waals surface area (Å²) in [7, 11) is 0. The van der Waals surface area contributed by atoms with Crippen LogP contribution >= 0.6 is 11.8 Å². The van der Waals surface area contributed by atoms with E-state index < -0.39 is 0 Å². The van der Waals surface area contributed by atoms with Crippen molar-refractivity contribution in [3.8, 4) is 6.01 Å². The van der Waals surface area contributed by atoms with Crippen molar-refractivity contribution in [3.05, 3.63) is 0 Å². The molecule has 0 saturated heterocycles. The van der Waals surface area contributed by atoms with E-state index in [1.165, 1.54) is 0 Å². The van der Waals surface area contributed by atoms with Gasteiger partial charge in [0.05, 0.1) is 6.10 Å². The maximum Gasteiger partial charge on any atom is 0.323 e. The fourth-order valence-electron chi connectivity index (χ4n) is 1.22. The number of anilines is 2. The third-order valence-corrected chi connectivity index (χ3v) is 3.25. The first-order valence-corrected chi connectivity index (χ1v) is 7.25. The number of hydrogen-bond acceptors (Lipinski definition) is 7. The van der Waals surface area contributed by atoms with E-state index >= 15 is 0 Å². The number of nitrogens with zero attached hydrogens (tertiary/aromatic N) is 3. The van der Waals surface area contributed by atoms with Crippen molar-refractivity contribution in [3.63, 3.8) is 0 Å². The van der Waals surface area contributed by atoms with Gasteiger partial charge in [0.25, 0.3) is 0 Å². The fourth-order valence-corrected chi connectivity index (χ4v) is 1.57. The molecule has 0 fully saturated rings. The minimum absolute atomic E-state index is 0.0103. The Kier molecular flexibility index (Phi) is 5.97. The number of nitrogen functional groups attached to an aromatic ring is 1. The molecule has 0 bridgehead atoms. The first-order valence-electron chi connectivity index (χ1n) is 5.96. The summed E-state index contributed by atoms with van der Waals surface area (Å²) in [6, 6.07) is 0.262. The lowest BCUT2D eigenvalue weighted by atomic mass is 10.3. The van der Waals surface area contributed by atoms with Gasteiger partial charge in [-0.3, -0.25) is 0 Å². The summed E-state index contributed by atoms with van der Waals surface area (Å²) >= 11 is 1.83. The van der Waals surface area contributed by atoms with Gasteiger partial charge in [-0.25, -0.2) is 0 Å². The molecular weight excluding hydrogens is 250 g/mol. The van der Waals surface area contributed by atoms with E-state index in [9.17, 15) is 0 Å². The monoisotopic (exact) mass is 271 g/mol. The fraction of sp³-hybridized carbons (Fsp3) is 0.727. The lowest BCUT2D eigenvalue weighted by molar-refractivity contribution is 0.222. The Bertz CT molecular complexity index is 374. The van der Waals surface area contributed by atoms with Gasteiger partial charge in [0.2, 0.25) is 11.9 Å². The van der Waals surface area contributed by atoms with E-state index in [0.717, 1.165) is 13.0 Å². The normalized spacial score (nSPS) is 12.5. The molecule has 3 N–H and O–H groups in total. The van der Waals surface area contributed by atoms with Gasteiger partial charge >= 0.3 is 6.01 Å². The van der Waals surface area contributed by atoms with Crippen LogP contribution in [0.1, 0.15) is 27.2 Å². The molecule has 1 rings (SSSR count). The van der Waals surface area contributed by atoms with Crippen LogP contribution in [0.25, 0.3) is 0 Å². The number of nitrogens with two attached hydrogens (primary N) is 1. The first kappa shape index (κ1) is 14.8. The maximum atomic E-state index is 5.61. The van der Waals surface area contributed by atoms with Gasteiger partial charge in [-0.2, -0.15) is 26.7 Å². The average Bonchev–Trinajstić information content (AvgIpc) is 2.27. The van der Waals surface area contributed by atoms with Crippen LogP contribution in [-0.4, -0.2) is 39.1 Å². The minimum atomic E-state index is 0.0103. The van der Waals surface area contributed by atoms with Crippen molar-refractivity contribution in [2.75, 3.05) is 23.9 Å². The van der Waals surface area contributed by atoms with Crippen molar-refractivity contribution < 1.29 is 4.74 Å². The largest absolute Gasteiger partial charge is 0.461 e. The highest BCUT2D eigenvalue weighted by molar-refractivity contribution is 7.99. The van der Waals surface area contributed by atoms with Crippen LogP contribution < -0.4 is 15.8 Å². The molecule has 0 amide bonds. The van der Waals surface area contributed by atoms with Crippen LogP contribution in [0.15, 0.2) is 0 Å². The summed E-state index contributed by atoms with van der Waals surface area (Å²) in [6.45, 7) is 6.80. The second-order valence-electron chi connectivity index (χ2n) is 4.23. The van der Waals surface area contributed by atoms with Gasteiger partial charge in [0.1, 0.15) is 0 Å². The lowest BCUT2D eigenvalue weighted by Crippen LogP contribution is -2.14. The molecule has 7 heteroatoms. The molecule has 0 aromatic carbocycles. The summed E-state index contributed by atoms with van der Waals surface area (Å²) in [5.74, 6) is 0.632. The molecule has 18 heavy (non-hydrogen) atoms. The van der Waals surface area contributed by atoms with Gasteiger partial charge < -0.3 is 15.8 Å². The summed E-state index contributed by atoms with van der Waals surface area (Å²) < 4.78 is 5.40. The predicted octanol–water partition coefficient (Wildman–Crippen LogP) is 1.79. The van der Waals surface area contributed by atoms with Crippen LogP contribution in [0.2, 0.25) is 0 Å². The Morgan fingerprint density at radius 2 is 2.00 bits per heavy atom. The molecule has 0 radical (unpaired) electrons. The van der Waals surface area contributed by atoms with Gasteiger partial charge in [0.15, 0.2) is 0 Å². The Labute approximate surface area is 112 Å². The topological polar surface area (TPSA) is 86.0 Å².